The average Bonchev–Trinajstić information content (AvgIpc) is 2.52. The first kappa shape index (κ1) is 14.2. The van der Waals surface area contributed by atoms with Gasteiger partial charge in [-0.15, -0.1) is 6.42 Å². The van der Waals surface area contributed by atoms with Crippen LogP contribution in [0.2, 0.25) is 0 Å². The highest BCUT2D eigenvalue weighted by Crippen LogP contribution is 2.15. The van der Waals surface area contributed by atoms with E-state index in [2.05, 4.69) is 54.6 Å². The monoisotopic (exact) mass is 265 g/mol. The number of nitrogens with one attached hydrogen (secondary N) is 1. The van der Waals surface area contributed by atoms with Crippen molar-refractivity contribution in [2.75, 3.05) is 6.61 Å². The number of benzene rings is 2. The van der Waals surface area contributed by atoms with Crippen LogP contribution in [0, 0.1) is 12.3 Å². The Balaban J connectivity index is 1.86. The van der Waals surface area contributed by atoms with E-state index >= 15 is 0 Å². The minimum atomic E-state index is 0.308. The van der Waals surface area contributed by atoms with Gasteiger partial charge in [-0.25, -0.2) is 0 Å². The van der Waals surface area contributed by atoms with Gasteiger partial charge in [0.2, 0.25) is 0 Å². The second-order valence-electron chi connectivity index (χ2n) is 4.65. The number of ether oxygens (including phenoxy) is 1. The predicted molar refractivity (Wildman–Crippen MR) is 82.5 cm³/mol. The van der Waals surface area contributed by atoms with Gasteiger partial charge in [0.05, 0.1) is 0 Å². The van der Waals surface area contributed by atoms with Crippen LogP contribution in [-0.2, 0) is 6.54 Å². The first-order valence-corrected chi connectivity index (χ1v) is 6.73. The Morgan fingerprint density at radius 1 is 1.10 bits per heavy atom. The van der Waals surface area contributed by atoms with Crippen molar-refractivity contribution in [2.24, 2.45) is 0 Å². The molecule has 2 aromatic rings. The summed E-state index contributed by atoms with van der Waals surface area (Å²) in [6.07, 6.45) is 5.16. The Morgan fingerprint density at radius 2 is 1.80 bits per heavy atom. The minimum absolute atomic E-state index is 0.308. The van der Waals surface area contributed by atoms with E-state index in [0.717, 1.165) is 12.3 Å². The zero-order valence-electron chi connectivity index (χ0n) is 11.7. The van der Waals surface area contributed by atoms with Gasteiger partial charge in [-0.1, -0.05) is 48.4 Å². The molecule has 0 aliphatic heterocycles. The molecule has 0 spiro atoms. The molecule has 2 aromatic carbocycles. The van der Waals surface area contributed by atoms with Crippen LogP contribution in [0.5, 0.6) is 5.75 Å². The fraction of sp³-hybridized carbons (Fsp3) is 0.222. The summed E-state index contributed by atoms with van der Waals surface area (Å²) < 4.78 is 5.35. The molecular weight excluding hydrogens is 246 g/mol. The van der Waals surface area contributed by atoms with Crippen LogP contribution in [0.1, 0.15) is 24.1 Å². The van der Waals surface area contributed by atoms with Crippen LogP contribution in [0.3, 0.4) is 0 Å². The maximum Gasteiger partial charge on any atom is 0.148 e. The molecule has 20 heavy (non-hydrogen) atoms. The number of rotatable bonds is 6. The summed E-state index contributed by atoms with van der Waals surface area (Å²) >= 11 is 0. The van der Waals surface area contributed by atoms with Crippen molar-refractivity contribution in [2.45, 2.75) is 19.5 Å². The van der Waals surface area contributed by atoms with Gasteiger partial charge in [-0.05, 0) is 30.2 Å². The summed E-state index contributed by atoms with van der Waals surface area (Å²) in [7, 11) is 0. The van der Waals surface area contributed by atoms with Crippen molar-refractivity contribution in [3.05, 3.63) is 65.7 Å². The molecule has 2 nitrogen and oxygen atoms in total. The Hall–Kier alpha value is -2.24. The molecule has 0 unspecified atom stereocenters. The van der Waals surface area contributed by atoms with Crippen LogP contribution < -0.4 is 10.1 Å². The Labute approximate surface area is 120 Å². The lowest BCUT2D eigenvalue weighted by Crippen LogP contribution is -2.17. The molecule has 0 aromatic heterocycles. The van der Waals surface area contributed by atoms with E-state index in [-0.39, 0.29) is 0 Å². The van der Waals surface area contributed by atoms with Gasteiger partial charge in [0.15, 0.2) is 0 Å². The molecule has 0 saturated carbocycles. The van der Waals surface area contributed by atoms with Crippen LogP contribution in [0.15, 0.2) is 54.6 Å². The van der Waals surface area contributed by atoms with Gasteiger partial charge in [0, 0.05) is 12.6 Å². The number of terminal acetylenes is 1. The van der Waals surface area contributed by atoms with Crippen LogP contribution in [0.25, 0.3) is 0 Å². The van der Waals surface area contributed by atoms with Crippen LogP contribution in [-0.4, -0.2) is 6.61 Å². The van der Waals surface area contributed by atoms with Crippen LogP contribution >= 0.6 is 0 Å². The topological polar surface area (TPSA) is 21.3 Å². The molecule has 0 aliphatic carbocycles. The predicted octanol–water partition coefficient (Wildman–Crippen LogP) is 3.55. The molecule has 1 N–H and O–H groups in total. The fourth-order valence-corrected chi connectivity index (χ4v) is 1.96. The van der Waals surface area contributed by atoms with Crippen molar-refractivity contribution < 1.29 is 4.74 Å². The molecule has 0 fully saturated rings. The first-order chi connectivity index (χ1) is 9.79. The largest absolute Gasteiger partial charge is 0.481 e. The Kier molecular flexibility index (Phi) is 5.23. The van der Waals surface area contributed by atoms with E-state index in [9.17, 15) is 0 Å². The van der Waals surface area contributed by atoms with Gasteiger partial charge in [-0.3, -0.25) is 0 Å². The highest BCUT2D eigenvalue weighted by Gasteiger charge is 2.03. The van der Waals surface area contributed by atoms with Gasteiger partial charge < -0.3 is 10.1 Å². The lowest BCUT2D eigenvalue weighted by atomic mass is 10.1. The summed E-state index contributed by atoms with van der Waals surface area (Å²) in [5.41, 5.74) is 2.52. The Bertz CT molecular complexity index is 554. The third-order valence-electron chi connectivity index (χ3n) is 3.16. The normalized spacial score (nSPS) is 11.6. The van der Waals surface area contributed by atoms with Crippen molar-refractivity contribution >= 4 is 0 Å². The summed E-state index contributed by atoms with van der Waals surface area (Å²) in [4.78, 5) is 0. The highest BCUT2D eigenvalue weighted by atomic mass is 16.5. The van der Waals surface area contributed by atoms with Crippen molar-refractivity contribution in [3.8, 4) is 18.1 Å². The summed E-state index contributed by atoms with van der Waals surface area (Å²) in [5, 5.41) is 3.50. The molecular formula is C18H19NO. The Morgan fingerprint density at radius 3 is 2.45 bits per heavy atom. The average molecular weight is 265 g/mol. The van der Waals surface area contributed by atoms with Gasteiger partial charge in [-0.2, -0.15) is 0 Å². The molecule has 0 bridgehead atoms. The smallest absolute Gasteiger partial charge is 0.148 e. The summed E-state index contributed by atoms with van der Waals surface area (Å²) in [5.74, 6) is 3.26. The molecule has 0 amide bonds. The molecule has 0 heterocycles. The van der Waals surface area contributed by atoms with E-state index in [1.165, 1.54) is 11.1 Å². The second-order valence-corrected chi connectivity index (χ2v) is 4.65. The standard InChI is InChI=1S/C18H19NO/c1-3-13-20-18-11-9-16(10-12-18)14-19-15(2)17-7-5-4-6-8-17/h1,4-12,15,19H,13-14H2,2H3/t15-/m1/s1. The maximum absolute atomic E-state index is 5.35. The number of hydrogen-bond donors (Lipinski definition) is 1. The SMILES string of the molecule is C#CCOc1ccc(CN[C@H](C)c2ccccc2)cc1. The molecule has 0 radical (unpaired) electrons. The number of hydrogen-bond acceptors (Lipinski definition) is 2. The lowest BCUT2D eigenvalue weighted by molar-refractivity contribution is 0.370. The quantitative estimate of drug-likeness (QED) is 0.806. The van der Waals surface area contributed by atoms with Gasteiger partial charge >= 0.3 is 0 Å². The lowest BCUT2D eigenvalue weighted by Gasteiger charge is -2.14. The molecule has 1 atom stereocenters. The van der Waals surface area contributed by atoms with Gasteiger partial charge in [0.1, 0.15) is 12.4 Å². The highest BCUT2D eigenvalue weighted by molar-refractivity contribution is 5.28. The molecule has 2 heteroatoms. The van der Waals surface area contributed by atoms with E-state index in [1.54, 1.807) is 0 Å². The maximum atomic E-state index is 5.35. The molecule has 102 valence electrons. The molecule has 0 aliphatic rings. The summed E-state index contributed by atoms with van der Waals surface area (Å²) in [6, 6.07) is 18.7. The minimum Gasteiger partial charge on any atom is -0.481 e. The van der Waals surface area contributed by atoms with E-state index in [1.807, 2.05) is 18.2 Å². The third kappa shape index (κ3) is 4.15. The van der Waals surface area contributed by atoms with Crippen molar-refractivity contribution in [1.82, 2.24) is 5.32 Å². The van der Waals surface area contributed by atoms with Crippen molar-refractivity contribution in [3.63, 3.8) is 0 Å². The van der Waals surface area contributed by atoms with E-state index in [0.29, 0.717) is 12.6 Å². The van der Waals surface area contributed by atoms with Crippen molar-refractivity contribution in [1.29, 1.82) is 0 Å². The second kappa shape index (κ2) is 7.37. The first-order valence-electron chi connectivity index (χ1n) is 6.73. The van der Waals surface area contributed by atoms with Gasteiger partial charge in [0.25, 0.3) is 0 Å². The molecule has 0 saturated heterocycles. The molecule has 2 rings (SSSR count). The van der Waals surface area contributed by atoms with Crippen LogP contribution in [0.4, 0.5) is 0 Å². The zero-order chi connectivity index (χ0) is 14.2. The van der Waals surface area contributed by atoms with E-state index < -0.39 is 0 Å². The zero-order valence-corrected chi connectivity index (χ0v) is 11.7. The third-order valence-corrected chi connectivity index (χ3v) is 3.16. The van der Waals surface area contributed by atoms with E-state index in [4.69, 9.17) is 11.2 Å². The fourth-order valence-electron chi connectivity index (χ4n) is 1.96. The summed E-state index contributed by atoms with van der Waals surface area (Å²) in [6.45, 7) is 3.30.